The highest BCUT2D eigenvalue weighted by molar-refractivity contribution is 8.04. The zero-order chi connectivity index (χ0) is 15.0. The minimum absolute atomic E-state index is 0.0120. The molecule has 7 heteroatoms. The van der Waals surface area contributed by atoms with Crippen LogP contribution in [-0.2, 0) is 9.68 Å². The predicted octanol–water partition coefficient (Wildman–Crippen LogP) is 3.68. The first-order chi connectivity index (χ1) is 9.65. The molecule has 0 heterocycles. The highest BCUT2D eigenvalue weighted by Crippen LogP contribution is 2.32. The Kier molecular flexibility index (Phi) is 6.72. The summed E-state index contributed by atoms with van der Waals surface area (Å²) in [5.41, 5.74) is 0. The van der Waals surface area contributed by atoms with E-state index in [4.69, 9.17) is 9.68 Å². The van der Waals surface area contributed by atoms with Gasteiger partial charge in [0.15, 0.2) is 22.9 Å². The van der Waals surface area contributed by atoms with E-state index in [1.807, 2.05) is 19.1 Å². The van der Waals surface area contributed by atoms with Crippen molar-refractivity contribution in [3.8, 4) is 0 Å². The lowest BCUT2D eigenvalue weighted by atomic mass is 10.0. The van der Waals surface area contributed by atoms with Crippen LogP contribution in [0.5, 0.6) is 0 Å². The zero-order valence-corrected chi connectivity index (χ0v) is 11.9. The molecule has 0 amide bonds. The van der Waals surface area contributed by atoms with Crippen LogP contribution in [0.4, 0.5) is 0 Å². The second-order valence-corrected chi connectivity index (χ2v) is 5.38. The van der Waals surface area contributed by atoms with Crippen molar-refractivity contribution in [2.75, 3.05) is 0 Å². The Hall–Kier alpha value is -1.89. The van der Waals surface area contributed by atoms with Crippen LogP contribution >= 0.6 is 11.8 Å². The Morgan fingerprint density at radius 2 is 2.10 bits per heavy atom. The predicted molar refractivity (Wildman–Crippen MR) is 79.5 cm³/mol. The van der Waals surface area contributed by atoms with E-state index in [1.54, 1.807) is 12.2 Å². The van der Waals surface area contributed by atoms with Gasteiger partial charge in [0.1, 0.15) is 0 Å². The number of hydrogen-bond donors (Lipinski definition) is 0. The summed E-state index contributed by atoms with van der Waals surface area (Å²) in [4.78, 5) is 30.7. The molecule has 1 rings (SSSR count). The molecule has 0 fully saturated rings. The van der Waals surface area contributed by atoms with Crippen LogP contribution in [0, 0.1) is 15.7 Å². The van der Waals surface area contributed by atoms with E-state index in [1.165, 1.54) is 17.8 Å². The lowest BCUT2D eigenvalue weighted by molar-refractivity contribution is 0.0640. The van der Waals surface area contributed by atoms with Gasteiger partial charge in [-0.05, 0) is 18.2 Å². The van der Waals surface area contributed by atoms with Gasteiger partial charge < -0.3 is 9.68 Å². The molecule has 0 saturated carbocycles. The minimum Gasteiger partial charge on any atom is -0.356 e. The van der Waals surface area contributed by atoms with Gasteiger partial charge >= 0.3 is 0 Å². The number of allylic oxidation sites excluding steroid dienone is 1. The van der Waals surface area contributed by atoms with Gasteiger partial charge in [0.05, 0.1) is 5.25 Å². The molecule has 4 atom stereocenters. The van der Waals surface area contributed by atoms with Crippen molar-refractivity contribution in [3.05, 3.63) is 58.3 Å². The van der Waals surface area contributed by atoms with Crippen molar-refractivity contribution in [2.45, 2.75) is 24.4 Å². The third kappa shape index (κ3) is 4.34. The maximum atomic E-state index is 10.2. The Labute approximate surface area is 121 Å². The van der Waals surface area contributed by atoms with Gasteiger partial charge in [-0.3, -0.25) is 0 Å². The van der Waals surface area contributed by atoms with E-state index in [9.17, 15) is 9.81 Å². The quantitative estimate of drug-likeness (QED) is 0.368. The van der Waals surface area contributed by atoms with Crippen molar-refractivity contribution in [3.63, 3.8) is 0 Å². The van der Waals surface area contributed by atoms with Crippen molar-refractivity contribution in [1.29, 1.82) is 0 Å². The molecular weight excluding hydrogens is 280 g/mol. The Morgan fingerprint density at radius 3 is 2.60 bits per heavy atom. The standard InChI is InChI=1S/C13H16N2O4S/c1-4-11(18-14-16)13(5-2)20-10-6-7-12(19-15-17)9(3)8-10/h4-9,11-13H,1-2H2,3H3. The fourth-order valence-corrected chi connectivity index (χ4v) is 2.88. The summed E-state index contributed by atoms with van der Waals surface area (Å²) < 4.78 is 0. The second-order valence-electron chi connectivity index (χ2n) is 4.13. The molecule has 0 N–H and O–H groups in total. The van der Waals surface area contributed by atoms with E-state index in [0.29, 0.717) is 0 Å². The van der Waals surface area contributed by atoms with Crippen LogP contribution < -0.4 is 0 Å². The Bertz CT molecular complexity index is 436. The highest BCUT2D eigenvalue weighted by atomic mass is 32.2. The fourth-order valence-electron chi connectivity index (χ4n) is 1.73. The molecule has 0 aromatic rings. The number of rotatable bonds is 9. The molecule has 0 aromatic carbocycles. The first-order valence-electron chi connectivity index (χ1n) is 5.95. The monoisotopic (exact) mass is 296 g/mol. The van der Waals surface area contributed by atoms with Gasteiger partial charge in [0, 0.05) is 10.8 Å². The second kappa shape index (κ2) is 8.31. The summed E-state index contributed by atoms with van der Waals surface area (Å²) in [6.07, 6.45) is 7.79. The van der Waals surface area contributed by atoms with Gasteiger partial charge in [-0.25, -0.2) is 0 Å². The summed E-state index contributed by atoms with van der Waals surface area (Å²) in [7, 11) is 0. The van der Waals surface area contributed by atoms with Gasteiger partial charge in [0.25, 0.3) is 0 Å². The average Bonchev–Trinajstić information content (AvgIpc) is 2.45. The van der Waals surface area contributed by atoms with Crippen LogP contribution in [0.2, 0.25) is 0 Å². The average molecular weight is 296 g/mol. The summed E-state index contributed by atoms with van der Waals surface area (Å²) in [5, 5.41) is 4.68. The molecule has 0 aromatic heterocycles. The lowest BCUT2D eigenvalue weighted by Crippen LogP contribution is -2.22. The molecular formula is C13H16N2O4S. The van der Waals surface area contributed by atoms with Crippen LogP contribution in [0.1, 0.15) is 6.92 Å². The summed E-state index contributed by atoms with van der Waals surface area (Å²) >= 11 is 1.46. The summed E-state index contributed by atoms with van der Waals surface area (Å²) in [6, 6.07) is 0. The van der Waals surface area contributed by atoms with Crippen LogP contribution in [-0.4, -0.2) is 17.5 Å². The Morgan fingerprint density at radius 1 is 1.35 bits per heavy atom. The van der Waals surface area contributed by atoms with Gasteiger partial charge in [-0.15, -0.1) is 28.2 Å². The molecule has 0 aliphatic heterocycles. The fraction of sp³-hybridized carbons (Fsp3) is 0.385. The number of nitrogens with zero attached hydrogens (tertiary/aromatic N) is 2. The molecule has 6 nitrogen and oxygen atoms in total. The first-order valence-corrected chi connectivity index (χ1v) is 6.83. The maximum absolute atomic E-state index is 10.2. The molecule has 4 unspecified atom stereocenters. The van der Waals surface area contributed by atoms with Crippen molar-refractivity contribution >= 4 is 11.8 Å². The normalized spacial score (nSPS) is 23.9. The maximum Gasteiger partial charge on any atom is 0.164 e. The van der Waals surface area contributed by atoms with Crippen molar-refractivity contribution in [1.82, 2.24) is 0 Å². The largest absolute Gasteiger partial charge is 0.356 e. The van der Waals surface area contributed by atoms with E-state index in [2.05, 4.69) is 23.8 Å². The molecule has 0 saturated heterocycles. The third-order valence-corrected chi connectivity index (χ3v) is 4.06. The molecule has 0 radical (unpaired) electrons. The Balaban J connectivity index is 2.71. The van der Waals surface area contributed by atoms with E-state index in [0.717, 1.165) is 4.91 Å². The zero-order valence-electron chi connectivity index (χ0n) is 11.0. The van der Waals surface area contributed by atoms with Crippen LogP contribution in [0.25, 0.3) is 0 Å². The van der Waals surface area contributed by atoms with Gasteiger partial charge in [0.2, 0.25) is 0 Å². The van der Waals surface area contributed by atoms with Crippen LogP contribution in [0.15, 0.2) is 59.1 Å². The van der Waals surface area contributed by atoms with Crippen LogP contribution in [0.3, 0.4) is 0 Å². The van der Waals surface area contributed by atoms with Gasteiger partial charge in [-0.2, -0.15) is 0 Å². The molecule has 1 aliphatic rings. The van der Waals surface area contributed by atoms with Crippen molar-refractivity contribution in [2.24, 2.45) is 16.6 Å². The van der Waals surface area contributed by atoms with Gasteiger partial charge in [-0.1, -0.05) is 25.7 Å². The minimum atomic E-state index is -0.551. The van der Waals surface area contributed by atoms with E-state index >= 15 is 0 Å². The first kappa shape index (κ1) is 16.2. The summed E-state index contributed by atoms with van der Waals surface area (Å²) in [6.45, 7) is 9.23. The molecule has 0 bridgehead atoms. The molecule has 20 heavy (non-hydrogen) atoms. The SMILES string of the molecule is C=CC(ON=O)C(C=C)SC1=CC(C)C(ON=O)C=C1. The van der Waals surface area contributed by atoms with E-state index < -0.39 is 6.10 Å². The molecule has 0 spiro atoms. The topological polar surface area (TPSA) is 77.3 Å². The number of hydrogen-bond acceptors (Lipinski definition) is 7. The third-order valence-electron chi connectivity index (χ3n) is 2.79. The van der Waals surface area contributed by atoms with E-state index in [-0.39, 0.29) is 17.3 Å². The summed E-state index contributed by atoms with van der Waals surface area (Å²) in [5.74, 6) is 0.0120. The molecule has 108 valence electrons. The lowest BCUT2D eigenvalue weighted by Gasteiger charge is -2.22. The number of thioether (sulfide) groups is 1. The smallest absolute Gasteiger partial charge is 0.164 e. The highest BCUT2D eigenvalue weighted by Gasteiger charge is 2.23. The molecule has 1 aliphatic carbocycles. The van der Waals surface area contributed by atoms with Crippen molar-refractivity contribution < 1.29 is 9.68 Å².